The molecule has 1 amide bonds. The van der Waals surface area contributed by atoms with E-state index in [0.717, 1.165) is 6.07 Å². The number of carbonyl (C=O) groups is 2. The van der Waals surface area contributed by atoms with Crippen LogP contribution in [0, 0.1) is 18.6 Å². The van der Waals surface area contributed by atoms with Gasteiger partial charge < -0.3 is 5.73 Å². The van der Waals surface area contributed by atoms with Crippen molar-refractivity contribution >= 4 is 22.7 Å². The van der Waals surface area contributed by atoms with E-state index in [2.05, 4.69) is 9.97 Å². The quantitative estimate of drug-likeness (QED) is 0.517. The normalized spacial score (nSPS) is 10.9. The Morgan fingerprint density at radius 1 is 0.933 bits per heavy atom. The van der Waals surface area contributed by atoms with Crippen LogP contribution in [-0.2, 0) is 0 Å². The van der Waals surface area contributed by atoms with Crippen LogP contribution in [0.2, 0.25) is 0 Å². The molecule has 0 bridgehead atoms. The van der Waals surface area contributed by atoms with Crippen LogP contribution in [0.3, 0.4) is 0 Å². The highest BCUT2D eigenvalue weighted by molar-refractivity contribution is 6.11. The number of nitrogens with zero attached hydrogens (tertiary/aromatic N) is 2. The molecule has 4 aromatic rings. The Morgan fingerprint density at radius 2 is 1.73 bits per heavy atom. The number of rotatable bonds is 4. The lowest BCUT2D eigenvalue weighted by Crippen LogP contribution is -2.11. The maximum atomic E-state index is 15.3. The molecule has 0 aliphatic rings. The van der Waals surface area contributed by atoms with Crippen LogP contribution in [-0.4, -0.2) is 21.7 Å². The average molecular weight is 403 g/mol. The number of aryl methyl sites for hydroxylation is 1. The molecule has 0 aliphatic carbocycles. The largest absolute Gasteiger partial charge is 0.366 e. The summed E-state index contributed by atoms with van der Waals surface area (Å²) in [4.78, 5) is 32.9. The van der Waals surface area contributed by atoms with E-state index in [-0.39, 0.29) is 16.7 Å². The average Bonchev–Trinajstić information content (AvgIpc) is 2.73. The summed E-state index contributed by atoms with van der Waals surface area (Å²) in [6.07, 6.45) is 1.59. The molecule has 0 spiro atoms. The number of amides is 1. The zero-order chi connectivity index (χ0) is 21.4. The van der Waals surface area contributed by atoms with E-state index >= 15 is 4.39 Å². The minimum absolute atomic E-state index is 0.0146. The zero-order valence-corrected chi connectivity index (χ0v) is 15.8. The number of halogens is 2. The van der Waals surface area contributed by atoms with Gasteiger partial charge in [-0.1, -0.05) is 12.1 Å². The Hall–Kier alpha value is -4.00. The van der Waals surface area contributed by atoms with Gasteiger partial charge in [-0.2, -0.15) is 0 Å². The van der Waals surface area contributed by atoms with E-state index in [0.29, 0.717) is 22.3 Å². The molecule has 3 aromatic carbocycles. The second-order valence-corrected chi connectivity index (χ2v) is 6.77. The Labute approximate surface area is 170 Å². The van der Waals surface area contributed by atoms with Crippen molar-refractivity contribution in [3.05, 3.63) is 94.8 Å². The predicted octanol–water partition coefficient (Wildman–Crippen LogP) is 4.21. The van der Waals surface area contributed by atoms with E-state index < -0.39 is 28.9 Å². The maximum Gasteiger partial charge on any atom is 0.248 e. The molecule has 0 radical (unpaired) electrons. The number of aromatic nitrogens is 2. The van der Waals surface area contributed by atoms with Crippen LogP contribution in [0.25, 0.3) is 22.2 Å². The highest BCUT2D eigenvalue weighted by atomic mass is 19.1. The van der Waals surface area contributed by atoms with Crippen molar-refractivity contribution in [3.8, 4) is 11.1 Å². The topological polar surface area (TPSA) is 85.9 Å². The third-order valence-electron chi connectivity index (χ3n) is 4.70. The van der Waals surface area contributed by atoms with Crippen molar-refractivity contribution in [1.29, 1.82) is 0 Å². The predicted molar refractivity (Wildman–Crippen MR) is 108 cm³/mol. The highest BCUT2D eigenvalue weighted by Gasteiger charge is 2.23. The van der Waals surface area contributed by atoms with Crippen LogP contribution in [0.1, 0.15) is 32.0 Å². The number of primary amides is 1. The van der Waals surface area contributed by atoms with Gasteiger partial charge in [0.1, 0.15) is 11.6 Å². The first-order valence-electron chi connectivity index (χ1n) is 9.01. The molecule has 1 aromatic heterocycles. The Bertz CT molecular complexity index is 1340. The first kappa shape index (κ1) is 19.3. The number of hydrogen-bond acceptors (Lipinski definition) is 4. The molecule has 0 atom stereocenters. The van der Waals surface area contributed by atoms with Crippen LogP contribution in [0.5, 0.6) is 0 Å². The van der Waals surface area contributed by atoms with Gasteiger partial charge in [-0.05, 0) is 55.0 Å². The summed E-state index contributed by atoms with van der Waals surface area (Å²) >= 11 is 0. The fourth-order valence-corrected chi connectivity index (χ4v) is 3.21. The lowest BCUT2D eigenvalue weighted by Gasteiger charge is -2.11. The van der Waals surface area contributed by atoms with E-state index in [9.17, 15) is 14.0 Å². The van der Waals surface area contributed by atoms with Gasteiger partial charge in [-0.15, -0.1) is 0 Å². The molecule has 1 heterocycles. The van der Waals surface area contributed by atoms with Crippen molar-refractivity contribution < 1.29 is 18.4 Å². The SMILES string of the molecule is Cc1cnc2ccc(C(=O)c3c(F)ccc(-c4cccc(C(N)=O)c4)c3F)cc2n1. The van der Waals surface area contributed by atoms with Crippen LogP contribution < -0.4 is 5.73 Å². The summed E-state index contributed by atoms with van der Waals surface area (Å²) in [5, 5.41) is 0. The molecule has 0 saturated heterocycles. The number of nitrogens with two attached hydrogens (primary N) is 1. The number of hydrogen-bond donors (Lipinski definition) is 1. The first-order valence-corrected chi connectivity index (χ1v) is 9.01. The monoisotopic (exact) mass is 403 g/mol. The molecule has 0 saturated carbocycles. The van der Waals surface area contributed by atoms with Gasteiger partial charge in [-0.3, -0.25) is 14.6 Å². The molecule has 4 rings (SSSR count). The van der Waals surface area contributed by atoms with Crippen molar-refractivity contribution in [3.63, 3.8) is 0 Å². The summed E-state index contributed by atoms with van der Waals surface area (Å²) in [5.41, 5.74) is 6.81. The minimum Gasteiger partial charge on any atom is -0.366 e. The summed E-state index contributed by atoms with van der Waals surface area (Å²) in [5.74, 6) is -3.49. The second kappa shape index (κ2) is 7.44. The third kappa shape index (κ3) is 3.41. The van der Waals surface area contributed by atoms with Crippen LogP contribution in [0.4, 0.5) is 8.78 Å². The standard InChI is InChI=1S/C23H15F2N3O2/c1-12-11-27-18-8-5-14(10-19(18)28-12)22(29)20-17(24)7-6-16(21(20)25)13-3-2-4-15(9-13)23(26)30/h2-11H,1H3,(H2,26,30). The van der Waals surface area contributed by atoms with E-state index in [1.807, 2.05) is 0 Å². The molecule has 0 unspecified atom stereocenters. The molecule has 7 heteroatoms. The Kier molecular flexibility index (Phi) is 4.79. The third-order valence-corrected chi connectivity index (χ3v) is 4.70. The fourth-order valence-electron chi connectivity index (χ4n) is 3.21. The lowest BCUT2D eigenvalue weighted by atomic mass is 9.95. The molecule has 2 N–H and O–H groups in total. The molecule has 5 nitrogen and oxygen atoms in total. The molecular weight excluding hydrogens is 388 g/mol. The van der Waals surface area contributed by atoms with Crippen LogP contribution >= 0.6 is 0 Å². The van der Waals surface area contributed by atoms with Crippen LogP contribution in [0.15, 0.2) is 60.8 Å². The molecule has 0 aliphatic heterocycles. The molecule has 30 heavy (non-hydrogen) atoms. The van der Waals surface area contributed by atoms with Crippen molar-refractivity contribution in [2.45, 2.75) is 6.92 Å². The minimum atomic E-state index is -1.02. The second-order valence-electron chi connectivity index (χ2n) is 6.77. The van der Waals surface area contributed by atoms with Gasteiger partial charge in [0.25, 0.3) is 0 Å². The van der Waals surface area contributed by atoms with E-state index in [4.69, 9.17) is 5.73 Å². The summed E-state index contributed by atoms with van der Waals surface area (Å²) < 4.78 is 29.8. The van der Waals surface area contributed by atoms with Gasteiger partial charge in [0.05, 0.1) is 22.3 Å². The Balaban J connectivity index is 1.83. The summed E-state index contributed by atoms with van der Waals surface area (Å²) in [6.45, 7) is 1.75. The summed E-state index contributed by atoms with van der Waals surface area (Å²) in [6, 6.07) is 12.7. The van der Waals surface area contributed by atoms with Gasteiger partial charge in [-0.25, -0.2) is 13.8 Å². The smallest absolute Gasteiger partial charge is 0.248 e. The van der Waals surface area contributed by atoms with E-state index in [1.165, 1.54) is 36.4 Å². The number of carbonyl (C=O) groups excluding carboxylic acids is 2. The van der Waals surface area contributed by atoms with Gasteiger partial charge in [0.15, 0.2) is 5.78 Å². The van der Waals surface area contributed by atoms with Gasteiger partial charge >= 0.3 is 0 Å². The number of benzene rings is 3. The first-order chi connectivity index (χ1) is 14.3. The summed E-state index contributed by atoms with van der Waals surface area (Å²) in [7, 11) is 0. The van der Waals surface area contributed by atoms with Crippen molar-refractivity contribution in [2.75, 3.05) is 0 Å². The fraction of sp³-hybridized carbons (Fsp3) is 0.0435. The van der Waals surface area contributed by atoms with Crippen molar-refractivity contribution in [2.24, 2.45) is 5.73 Å². The van der Waals surface area contributed by atoms with Gasteiger partial charge in [0, 0.05) is 22.9 Å². The number of fused-ring (bicyclic) bond motifs is 1. The molecule has 148 valence electrons. The Morgan fingerprint density at radius 3 is 2.50 bits per heavy atom. The highest BCUT2D eigenvalue weighted by Crippen LogP contribution is 2.29. The lowest BCUT2D eigenvalue weighted by molar-refractivity contribution is 0.0997. The zero-order valence-electron chi connectivity index (χ0n) is 15.8. The number of ketones is 1. The molecular formula is C23H15F2N3O2. The van der Waals surface area contributed by atoms with Gasteiger partial charge in [0.2, 0.25) is 5.91 Å². The van der Waals surface area contributed by atoms with E-state index in [1.54, 1.807) is 25.3 Å². The van der Waals surface area contributed by atoms with Crippen molar-refractivity contribution in [1.82, 2.24) is 9.97 Å². The molecule has 0 fully saturated rings. The maximum absolute atomic E-state index is 15.3.